The van der Waals surface area contributed by atoms with E-state index in [-0.39, 0.29) is 11.2 Å². The van der Waals surface area contributed by atoms with Crippen molar-refractivity contribution < 1.29 is 9.90 Å². The molecule has 0 saturated carbocycles. The summed E-state index contributed by atoms with van der Waals surface area (Å²) in [6, 6.07) is 3.73. The molecule has 0 bridgehead atoms. The molecule has 2 heterocycles. The van der Waals surface area contributed by atoms with Gasteiger partial charge in [-0.1, -0.05) is 32.5 Å². The average molecular weight is 306 g/mol. The highest BCUT2D eigenvalue weighted by molar-refractivity contribution is 7.99. The summed E-state index contributed by atoms with van der Waals surface area (Å²) >= 11 is 1.22. The molecular weight excluding hydrogens is 288 g/mol. The standard InChI is InChI=1S/C14H18N4O2S/c1-14(2,3)11-7-15-13(21-9-12(19)20)18(11)8-10-5-4-6-16-17-10/h4-7H,8-9H2,1-3H3,(H,19,20). The molecule has 0 aromatic carbocycles. The van der Waals surface area contributed by atoms with Gasteiger partial charge < -0.3 is 9.67 Å². The first-order valence-corrected chi connectivity index (χ1v) is 7.53. The third-order valence-electron chi connectivity index (χ3n) is 2.86. The van der Waals surface area contributed by atoms with Gasteiger partial charge in [0.2, 0.25) is 0 Å². The highest BCUT2D eigenvalue weighted by Gasteiger charge is 2.22. The van der Waals surface area contributed by atoms with Gasteiger partial charge in [0.25, 0.3) is 0 Å². The van der Waals surface area contributed by atoms with Crippen molar-refractivity contribution in [2.75, 3.05) is 5.75 Å². The number of carboxylic acids is 1. The lowest BCUT2D eigenvalue weighted by atomic mass is 9.92. The van der Waals surface area contributed by atoms with Crippen LogP contribution in [0.5, 0.6) is 0 Å². The van der Waals surface area contributed by atoms with Gasteiger partial charge >= 0.3 is 5.97 Å². The summed E-state index contributed by atoms with van der Waals surface area (Å²) in [5, 5.41) is 17.5. The number of thioether (sulfide) groups is 1. The van der Waals surface area contributed by atoms with Crippen LogP contribution in [-0.2, 0) is 16.8 Å². The lowest BCUT2D eigenvalue weighted by molar-refractivity contribution is -0.133. The molecule has 0 aliphatic rings. The molecule has 0 aliphatic heterocycles. The third-order valence-corrected chi connectivity index (χ3v) is 3.84. The second kappa shape index (κ2) is 6.26. The van der Waals surface area contributed by atoms with Crippen molar-refractivity contribution >= 4 is 17.7 Å². The van der Waals surface area contributed by atoms with E-state index in [9.17, 15) is 4.79 Å². The Morgan fingerprint density at radius 3 is 2.76 bits per heavy atom. The monoisotopic (exact) mass is 306 g/mol. The molecular formula is C14H18N4O2S. The summed E-state index contributed by atoms with van der Waals surface area (Å²) < 4.78 is 2.01. The van der Waals surface area contributed by atoms with Gasteiger partial charge in [-0.15, -0.1) is 0 Å². The van der Waals surface area contributed by atoms with Gasteiger partial charge in [0.15, 0.2) is 5.16 Å². The van der Waals surface area contributed by atoms with E-state index in [0.29, 0.717) is 11.7 Å². The van der Waals surface area contributed by atoms with Gasteiger partial charge in [0.1, 0.15) is 0 Å². The normalized spacial score (nSPS) is 11.6. The predicted octanol–water partition coefficient (Wildman–Crippen LogP) is 2.20. The summed E-state index contributed by atoms with van der Waals surface area (Å²) in [7, 11) is 0. The van der Waals surface area contributed by atoms with Crippen LogP contribution in [0.15, 0.2) is 29.7 Å². The molecule has 0 unspecified atom stereocenters. The molecule has 21 heavy (non-hydrogen) atoms. The van der Waals surface area contributed by atoms with E-state index < -0.39 is 5.97 Å². The Labute approximate surface area is 127 Å². The lowest BCUT2D eigenvalue weighted by Gasteiger charge is -2.21. The zero-order valence-electron chi connectivity index (χ0n) is 12.3. The summed E-state index contributed by atoms with van der Waals surface area (Å²) in [6.07, 6.45) is 3.43. The quantitative estimate of drug-likeness (QED) is 0.853. The first kappa shape index (κ1) is 15.5. The van der Waals surface area contributed by atoms with E-state index in [1.54, 1.807) is 12.4 Å². The predicted molar refractivity (Wildman–Crippen MR) is 80.4 cm³/mol. The van der Waals surface area contributed by atoms with Crippen LogP contribution in [-0.4, -0.2) is 36.6 Å². The van der Waals surface area contributed by atoms with E-state index >= 15 is 0 Å². The number of aliphatic carboxylic acids is 1. The first-order valence-electron chi connectivity index (χ1n) is 6.55. The van der Waals surface area contributed by atoms with Crippen molar-refractivity contribution in [3.05, 3.63) is 35.9 Å². The number of carboxylic acid groups (broad SMARTS) is 1. The Balaban J connectivity index is 2.34. The van der Waals surface area contributed by atoms with Crippen LogP contribution in [0.1, 0.15) is 32.2 Å². The fraction of sp³-hybridized carbons (Fsp3) is 0.429. The summed E-state index contributed by atoms with van der Waals surface area (Å²) in [5.74, 6) is -0.868. The van der Waals surface area contributed by atoms with E-state index in [1.165, 1.54) is 11.8 Å². The minimum atomic E-state index is -0.855. The van der Waals surface area contributed by atoms with E-state index in [0.717, 1.165) is 11.4 Å². The van der Waals surface area contributed by atoms with Crippen LogP contribution >= 0.6 is 11.8 Å². The Bertz CT molecular complexity index is 620. The summed E-state index contributed by atoms with van der Waals surface area (Å²) in [4.78, 5) is 15.1. The van der Waals surface area contributed by atoms with Crippen molar-refractivity contribution in [3.8, 4) is 0 Å². The maximum atomic E-state index is 10.8. The van der Waals surface area contributed by atoms with Crippen LogP contribution in [0.2, 0.25) is 0 Å². The van der Waals surface area contributed by atoms with Gasteiger partial charge in [-0.05, 0) is 12.1 Å². The number of aromatic nitrogens is 4. The highest BCUT2D eigenvalue weighted by Crippen LogP contribution is 2.28. The van der Waals surface area contributed by atoms with E-state index in [4.69, 9.17) is 5.11 Å². The minimum absolute atomic E-state index is 0.0128. The van der Waals surface area contributed by atoms with E-state index in [1.807, 2.05) is 16.7 Å². The Hall–Kier alpha value is -1.89. The summed E-state index contributed by atoms with van der Waals surface area (Å²) in [6.45, 7) is 6.83. The molecule has 0 aliphatic carbocycles. The zero-order valence-corrected chi connectivity index (χ0v) is 13.1. The van der Waals surface area contributed by atoms with E-state index in [2.05, 4.69) is 36.0 Å². The molecule has 2 rings (SSSR count). The van der Waals surface area contributed by atoms with Gasteiger partial charge in [-0.2, -0.15) is 10.2 Å². The third kappa shape index (κ3) is 4.04. The smallest absolute Gasteiger partial charge is 0.313 e. The number of nitrogens with zero attached hydrogens (tertiary/aromatic N) is 4. The molecule has 2 aromatic heterocycles. The molecule has 2 aromatic rings. The zero-order chi connectivity index (χ0) is 15.5. The van der Waals surface area contributed by atoms with Crippen molar-refractivity contribution in [1.82, 2.24) is 19.7 Å². The van der Waals surface area contributed by atoms with Crippen LogP contribution < -0.4 is 0 Å². The van der Waals surface area contributed by atoms with Crippen molar-refractivity contribution in [3.63, 3.8) is 0 Å². The molecule has 112 valence electrons. The van der Waals surface area contributed by atoms with Crippen LogP contribution in [0, 0.1) is 0 Å². The molecule has 0 atom stereocenters. The second-order valence-corrected chi connectivity index (χ2v) is 6.60. The van der Waals surface area contributed by atoms with Crippen LogP contribution in [0.25, 0.3) is 0 Å². The molecule has 0 fully saturated rings. The Morgan fingerprint density at radius 2 is 2.19 bits per heavy atom. The molecule has 6 nitrogen and oxygen atoms in total. The maximum absolute atomic E-state index is 10.8. The molecule has 0 saturated heterocycles. The Morgan fingerprint density at radius 1 is 1.43 bits per heavy atom. The molecule has 0 radical (unpaired) electrons. The van der Waals surface area contributed by atoms with Gasteiger partial charge in [0, 0.05) is 23.5 Å². The SMILES string of the molecule is CC(C)(C)c1cnc(SCC(=O)O)n1Cc1cccnn1. The Kier molecular flexibility index (Phi) is 4.62. The average Bonchev–Trinajstić information content (AvgIpc) is 2.80. The van der Waals surface area contributed by atoms with Crippen LogP contribution in [0.4, 0.5) is 0 Å². The highest BCUT2D eigenvalue weighted by atomic mass is 32.2. The lowest BCUT2D eigenvalue weighted by Crippen LogP contribution is -2.19. The van der Waals surface area contributed by atoms with Gasteiger partial charge in [0.05, 0.1) is 18.0 Å². The number of hydrogen-bond acceptors (Lipinski definition) is 5. The van der Waals surface area contributed by atoms with Crippen LogP contribution in [0.3, 0.4) is 0 Å². The fourth-order valence-electron chi connectivity index (χ4n) is 1.93. The molecule has 1 N–H and O–H groups in total. The van der Waals surface area contributed by atoms with Crippen molar-refractivity contribution in [2.45, 2.75) is 37.9 Å². The molecule has 0 spiro atoms. The second-order valence-electron chi connectivity index (χ2n) is 5.66. The molecule has 7 heteroatoms. The van der Waals surface area contributed by atoms with Gasteiger partial charge in [-0.25, -0.2) is 4.98 Å². The minimum Gasteiger partial charge on any atom is -0.481 e. The number of hydrogen-bond donors (Lipinski definition) is 1. The summed E-state index contributed by atoms with van der Waals surface area (Å²) in [5.41, 5.74) is 1.77. The number of carbonyl (C=O) groups is 1. The maximum Gasteiger partial charge on any atom is 0.313 e. The fourth-order valence-corrected chi connectivity index (χ4v) is 2.63. The van der Waals surface area contributed by atoms with Crippen molar-refractivity contribution in [1.29, 1.82) is 0 Å². The topological polar surface area (TPSA) is 80.9 Å². The van der Waals surface area contributed by atoms with Gasteiger partial charge in [-0.3, -0.25) is 4.79 Å². The number of rotatable bonds is 5. The molecule has 0 amide bonds. The van der Waals surface area contributed by atoms with Crippen molar-refractivity contribution in [2.24, 2.45) is 0 Å². The largest absolute Gasteiger partial charge is 0.481 e. The first-order chi connectivity index (χ1) is 9.88. The number of imidazole rings is 1.